The summed E-state index contributed by atoms with van der Waals surface area (Å²) in [6.45, 7) is 1.72. The average Bonchev–Trinajstić information content (AvgIpc) is 3.30. The molecule has 0 aliphatic heterocycles. The summed E-state index contributed by atoms with van der Waals surface area (Å²) in [5.74, 6) is 0.762. The zero-order chi connectivity index (χ0) is 18.3. The van der Waals surface area contributed by atoms with E-state index in [0.29, 0.717) is 17.3 Å². The van der Waals surface area contributed by atoms with E-state index in [9.17, 15) is 8.42 Å². The molecule has 9 heteroatoms. The molecule has 0 aliphatic rings. The number of nitrogens with one attached hydrogen (secondary N) is 1. The molecule has 2 aromatic heterocycles. The zero-order valence-corrected chi connectivity index (χ0v) is 17.1. The second-order valence-electron chi connectivity index (χ2n) is 5.48. The van der Waals surface area contributed by atoms with Crippen molar-refractivity contribution in [2.24, 2.45) is 4.99 Å². The monoisotopic (exact) mass is 400 g/mol. The highest BCUT2D eigenvalue weighted by atomic mass is 32.2. The van der Waals surface area contributed by atoms with Gasteiger partial charge in [0, 0.05) is 45.7 Å². The highest BCUT2D eigenvalue weighted by Gasteiger charge is 2.21. The quantitative estimate of drug-likeness (QED) is 0.545. The third-order valence-electron chi connectivity index (χ3n) is 3.72. The van der Waals surface area contributed by atoms with Gasteiger partial charge in [-0.2, -0.15) is 4.31 Å². The second kappa shape index (κ2) is 9.33. The van der Waals surface area contributed by atoms with Crippen LogP contribution in [-0.4, -0.2) is 64.4 Å². The van der Waals surface area contributed by atoms with E-state index >= 15 is 0 Å². The van der Waals surface area contributed by atoms with Crippen molar-refractivity contribution >= 4 is 38.7 Å². The van der Waals surface area contributed by atoms with Crippen LogP contribution in [0.1, 0.15) is 4.88 Å². The minimum absolute atomic E-state index is 0.368. The predicted octanol–water partition coefficient (Wildman–Crippen LogP) is 2.18. The minimum Gasteiger partial charge on any atom is -0.355 e. The fourth-order valence-corrected chi connectivity index (χ4v) is 5.30. The molecule has 2 aromatic rings. The summed E-state index contributed by atoms with van der Waals surface area (Å²) in [7, 11) is 1.91. The van der Waals surface area contributed by atoms with Crippen molar-refractivity contribution in [1.29, 1.82) is 0 Å². The summed E-state index contributed by atoms with van der Waals surface area (Å²) >= 11 is 2.98. The maximum atomic E-state index is 12.4. The molecule has 2 heterocycles. The van der Waals surface area contributed by atoms with Crippen LogP contribution in [0.25, 0.3) is 0 Å². The second-order valence-corrected chi connectivity index (χ2v) is 9.74. The van der Waals surface area contributed by atoms with Crippen molar-refractivity contribution in [3.05, 3.63) is 39.9 Å². The van der Waals surface area contributed by atoms with Crippen LogP contribution in [0.4, 0.5) is 0 Å². The Kier molecular flexibility index (Phi) is 7.42. The third kappa shape index (κ3) is 5.53. The summed E-state index contributed by atoms with van der Waals surface area (Å²) < 4.78 is 26.5. The smallest absolute Gasteiger partial charge is 0.252 e. The largest absolute Gasteiger partial charge is 0.355 e. The van der Waals surface area contributed by atoms with Gasteiger partial charge < -0.3 is 10.2 Å². The Labute approximate surface area is 157 Å². The fourth-order valence-electron chi connectivity index (χ4n) is 2.23. The molecule has 2 rings (SSSR count). The van der Waals surface area contributed by atoms with Gasteiger partial charge in [-0.25, -0.2) is 8.42 Å². The first-order chi connectivity index (χ1) is 11.9. The molecular formula is C16H24N4O2S3. The normalized spacial score (nSPS) is 12.6. The lowest BCUT2D eigenvalue weighted by Crippen LogP contribution is -2.43. The van der Waals surface area contributed by atoms with Crippen molar-refractivity contribution in [1.82, 2.24) is 14.5 Å². The van der Waals surface area contributed by atoms with Gasteiger partial charge in [0.2, 0.25) is 0 Å². The van der Waals surface area contributed by atoms with Crippen molar-refractivity contribution in [2.45, 2.75) is 10.6 Å². The molecule has 0 saturated carbocycles. The first kappa shape index (κ1) is 19.9. The molecule has 0 aromatic carbocycles. The van der Waals surface area contributed by atoms with Crippen molar-refractivity contribution in [3.8, 4) is 0 Å². The maximum absolute atomic E-state index is 12.4. The molecular weight excluding hydrogens is 376 g/mol. The third-order valence-corrected chi connectivity index (χ3v) is 7.88. The molecule has 0 aliphatic carbocycles. The lowest BCUT2D eigenvalue weighted by atomic mass is 10.3. The van der Waals surface area contributed by atoms with Crippen LogP contribution < -0.4 is 5.32 Å². The number of hydrogen-bond acceptors (Lipinski definition) is 5. The van der Waals surface area contributed by atoms with E-state index in [1.165, 1.54) is 20.5 Å². The molecule has 0 unspecified atom stereocenters. The highest BCUT2D eigenvalue weighted by molar-refractivity contribution is 7.91. The Morgan fingerprint density at radius 2 is 1.88 bits per heavy atom. The van der Waals surface area contributed by atoms with Crippen LogP contribution in [0.3, 0.4) is 0 Å². The summed E-state index contributed by atoms with van der Waals surface area (Å²) in [6.07, 6.45) is 0.960. The van der Waals surface area contributed by atoms with Gasteiger partial charge in [0.25, 0.3) is 10.0 Å². The van der Waals surface area contributed by atoms with Gasteiger partial charge in [-0.15, -0.1) is 22.7 Å². The zero-order valence-electron chi connectivity index (χ0n) is 14.7. The molecule has 0 spiro atoms. The van der Waals surface area contributed by atoms with Gasteiger partial charge in [-0.1, -0.05) is 12.1 Å². The Morgan fingerprint density at radius 1 is 1.16 bits per heavy atom. The van der Waals surface area contributed by atoms with E-state index in [1.54, 1.807) is 42.9 Å². The number of aliphatic imine (C=N–C) groups is 1. The van der Waals surface area contributed by atoms with Gasteiger partial charge in [0.1, 0.15) is 4.21 Å². The van der Waals surface area contributed by atoms with Crippen molar-refractivity contribution in [3.63, 3.8) is 0 Å². The van der Waals surface area contributed by atoms with E-state index in [4.69, 9.17) is 0 Å². The Bertz CT molecular complexity index is 755. The molecule has 6 nitrogen and oxygen atoms in total. The van der Waals surface area contributed by atoms with Gasteiger partial charge in [-0.05, 0) is 29.3 Å². The van der Waals surface area contributed by atoms with Gasteiger partial charge >= 0.3 is 0 Å². The Balaban J connectivity index is 1.80. The molecule has 0 amide bonds. The number of hydrogen-bond donors (Lipinski definition) is 1. The lowest BCUT2D eigenvalue weighted by Gasteiger charge is -2.23. The van der Waals surface area contributed by atoms with Crippen LogP contribution in [0.2, 0.25) is 0 Å². The molecule has 25 heavy (non-hydrogen) atoms. The van der Waals surface area contributed by atoms with Crippen LogP contribution in [-0.2, 0) is 16.4 Å². The summed E-state index contributed by atoms with van der Waals surface area (Å²) in [5, 5.41) is 7.07. The topological polar surface area (TPSA) is 65.0 Å². The van der Waals surface area contributed by atoms with E-state index in [2.05, 4.69) is 27.8 Å². The Morgan fingerprint density at radius 3 is 2.48 bits per heavy atom. The first-order valence-corrected chi connectivity index (χ1v) is 11.1. The number of rotatable bonds is 8. The average molecular weight is 401 g/mol. The minimum atomic E-state index is -3.40. The van der Waals surface area contributed by atoms with E-state index < -0.39 is 10.0 Å². The number of thiophene rings is 2. The molecule has 0 fully saturated rings. The molecule has 0 bridgehead atoms. The van der Waals surface area contributed by atoms with Gasteiger partial charge in [-0.3, -0.25) is 4.99 Å². The lowest BCUT2D eigenvalue weighted by molar-refractivity contribution is 0.455. The van der Waals surface area contributed by atoms with Gasteiger partial charge in [0.15, 0.2) is 5.96 Å². The van der Waals surface area contributed by atoms with E-state index in [1.807, 2.05) is 11.9 Å². The van der Waals surface area contributed by atoms with Crippen LogP contribution in [0, 0.1) is 0 Å². The Hall–Kier alpha value is -1.42. The van der Waals surface area contributed by atoms with Crippen molar-refractivity contribution in [2.75, 3.05) is 40.8 Å². The standard InChI is InChI=1S/C16H24N4O2S3/c1-17-16(19(2)10-8-14-6-4-12-23-14)18-9-11-20(3)25(21,22)15-7-5-13-24-15/h4-7,12-13H,8-11H2,1-3H3,(H,17,18). The molecule has 1 N–H and O–H groups in total. The van der Waals surface area contributed by atoms with Crippen LogP contribution >= 0.6 is 22.7 Å². The summed E-state index contributed by atoms with van der Waals surface area (Å²) in [5.41, 5.74) is 0. The van der Waals surface area contributed by atoms with E-state index in [-0.39, 0.29) is 0 Å². The molecule has 0 saturated heterocycles. The number of nitrogens with zero attached hydrogens (tertiary/aromatic N) is 3. The summed E-state index contributed by atoms with van der Waals surface area (Å²) in [6, 6.07) is 7.55. The van der Waals surface area contributed by atoms with E-state index in [0.717, 1.165) is 18.9 Å². The number of likely N-dealkylation sites (N-methyl/N-ethyl adjacent to an activating group) is 2. The molecule has 0 radical (unpaired) electrons. The van der Waals surface area contributed by atoms with Crippen LogP contribution in [0.5, 0.6) is 0 Å². The fraction of sp³-hybridized carbons (Fsp3) is 0.438. The highest BCUT2D eigenvalue weighted by Crippen LogP contribution is 2.19. The van der Waals surface area contributed by atoms with Crippen molar-refractivity contribution < 1.29 is 8.42 Å². The molecule has 138 valence electrons. The number of guanidine groups is 1. The van der Waals surface area contributed by atoms with Crippen LogP contribution in [0.15, 0.2) is 44.2 Å². The summed E-state index contributed by atoms with van der Waals surface area (Å²) in [4.78, 5) is 7.65. The number of sulfonamides is 1. The molecule has 0 atom stereocenters. The predicted molar refractivity (Wildman–Crippen MR) is 106 cm³/mol. The maximum Gasteiger partial charge on any atom is 0.252 e. The first-order valence-electron chi connectivity index (χ1n) is 7.89. The van der Waals surface area contributed by atoms with Gasteiger partial charge in [0.05, 0.1) is 0 Å². The SMILES string of the molecule is CN=C(NCCN(C)S(=O)(=O)c1cccs1)N(C)CCc1cccs1.